The molecule has 0 unspecified atom stereocenters. The highest BCUT2D eigenvalue weighted by atomic mass is 19.4. The number of alkyl halides is 3. The van der Waals surface area contributed by atoms with Gasteiger partial charge in [0.25, 0.3) is 0 Å². The molecule has 0 bridgehead atoms. The molecule has 130 valence electrons. The van der Waals surface area contributed by atoms with Gasteiger partial charge in [0, 0.05) is 6.21 Å². The van der Waals surface area contributed by atoms with Gasteiger partial charge in [-0.15, -0.1) is 0 Å². The summed E-state index contributed by atoms with van der Waals surface area (Å²) >= 11 is 0. The first-order chi connectivity index (χ1) is 12.6. The predicted molar refractivity (Wildman–Crippen MR) is 99.6 cm³/mol. The van der Waals surface area contributed by atoms with E-state index in [0.717, 1.165) is 22.8 Å². The van der Waals surface area contributed by atoms with E-state index in [9.17, 15) is 13.2 Å². The molecule has 0 aromatic heterocycles. The maximum atomic E-state index is 13.1. The van der Waals surface area contributed by atoms with Crippen LogP contribution in [0.15, 0.2) is 96.0 Å². The quantitative estimate of drug-likeness (QED) is 0.473. The van der Waals surface area contributed by atoms with Gasteiger partial charge in [0.2, 0.25) is 0 Å². The van der Waals surface area contributed by atoms with Crippen LogP contribution in [0.1, 0.15) is 16.7 Å². The van der Waals surface area contributed by atoms with Crippen LogP contribution in [0.2, 0.25) is 0 Å². The Labute approximate surface area is 150 Å². The number of rotatable bonds is 4. The Hall–Kier alpha value is -3.14. The normalized spacial score (nSPS) is 11.5. The molecule has 0 fully saturated rings. The van der Waals surface area contributed by atoms with Gasteiger partial charge in [-0.05, 0) is 34.9 Å². The maximum Gasteiger partial charge on any atom is 0.418 e. The monoisotopic (exact) mass is 351 g/mol. The van der Waals surface area contributed by atoms with Gasteiger partial charge in [-0.1, -0.05) is 72.8 Å². The summed E-state index contributed by atoms with van der Waals surface area (Å²) in [6.07, 6.45) is -1.28. The lowest BCUT2D eigenvalue weighted by molar-refractivity contribution is -0.137. The van der Waals surface area contributed by atoms with Gasteiger partial charge in [0.05, 0.1) is 11.3 Å². The number of halogens is 3. The van der Waals surface area contributed by atoms with Gasteiger partial charge in [-0.3, -0.25) is 4.99 Å². The zero-order valence-corrected chi connectivity index (χ0v) is 13.8. The van der Waals surface area contributed by atoms with E-state index >= 15 is 0 Å². The number of para-hydroxylation sites is 1. The molecule has 0 atom stereocenters. The molecule has 0 radical (unpaired) electrons. The minimum Gasteiger partial charge on any atom is -0.256 e. The van der Waals surface area contributed by atoms with E-state index in [1.54, 1.807) is 12.1 Å². The standard InChI is InChI=1S/C22H16F3N/c23-22(24,25)20-13-7-8-14-21(20)26-16-15-19(17-9-3-1-4-10-17)18-11-5-2-6-12-18/h1-16H. The van der Waals surface area contributed by atoms with E-state index in [4.69, 9.17) is 0 Å². The summed E-state index contributed by atoms with van der Waals surface area (Å²) in [7, 11) is 0. The first kappa shape index (κ1) is 17.7. The van der Waals surface area contributed by atoms with Gasteiger partial charge in [-0.2, -0.15) is 13.2 Å². The van der Waals surface area contributed by atoms with Crippen molar-refractivity contribution >= 4 is 17.5 Å². The Morgan fingerprint density at radius 3 is 1.73 bits per heavy atom. The van der Waals surface area contributed by atoms with Crippen LogP contribution in [0, 0.1) is 0 Å². The Bertz CT molecular complexity index is 869. The van der Waals surface area contributed by atoms with Crippen LogP contribution in [0.25, 0.3) is 5.57 Å². The Balaban J connectivity index is 1.99. The first-order valence-electron chi connectivity index (χ1n) is 8.07. The average molecular weight is 351 g/mol. The number of allylic oxidation sites excluding steroid dienone is 1. The smallest absolute Gasteiger partial charge is 0.256 e. The molecular weight excluding hydrogens is 335 g/mol. The van der Waals surface area contributed by atoms with Crippen molar-refractivity contribution in [3.63, 3.8) is 0 Å². The summed E-state index contributed by atoms with van der Waals surface area (Å²) in [6.45, 7) is 0. The molecule has 0 spiro atoms. The minimum atomic E-state index is -4.43. The van der Waals surface area contributed by atoms with Crippen LogP contribution >= 0.6 is 0 Å². The van der Waals surface area contributed by atoms with Crippen LogP contribution in [0.4, 0.5) is 18.9 Å². The van der Waals surface area contributed by atoms with Crippen LogP contribution in [0.5, 0.6) is 0 Å². The molecule has 3 aromatic rings. The number of nitrogens with zero attached hydrogens (tertiary/aromatic N) is 1. The fourth-order valence-electron chi connectivity index (χ4n) is 2.61. The maximum absolute atomic E-state index is 13.1. The van der Waals surface area contributed by atoms with E-state index in [2.05, 4.69) is 4.99 Å². The van der Waals surface area contributed by atoms with Gasteiger partial charge in [0.15, 0.2) is 0 Å². The largest absolute Gasteiger partial charge is 0.418 e. The van der Waals surface area contributed by atoms with Crippen LogP contribution in [0.3, 0.4) is 0 Å². The summed E-state index contributed by atoms with van der Waals surface area (Å²) in [4.78, 5) is 4.04. The van der Waals surface area contributed by atoms with Gasteiger partial charge < -0.3 is 0 Å². The van der Waals surface area contributed by atoms with E-state index < -0.39 is 11.7 Å². The van der Waals surface area contributed by atoms with Crippen LogP contribution in [-0.2, 0) is 6.18 Å². The molecule has 0 saturated heterocycles. The summed E-state index contributed by atoms with van der Waals surface area (Å²) in [5.41, 5.74) is 1.98. The van der Waals surface area contributed by atoms with E-state index in [1.165, 1.54) is 18.3 Å². The third kappa shape index (κ3) is 4.28. The van der Waals surface area contributed by atoms with Crippen molar-refractivity contribution in [2.45, 2.75) is 6.18 Å². The number of hydrogen-bond donors (Lipinski definition) is 0. The highest BCUT2D eigenvalue weighted by Gasteiger charge is 2.32. The first-order valence-corrected chi connectivity index (χ1v) is 8.07. The highest BCUT2D eigenvalue weighted by Crippen LogP contribution is 2.35. The summed E-state index contributed by atoms with van der Waals surface area (Å²) in [6, 6.07) is 24.6. The Kier molecular flexibility index (Phi) is 5.32. The Morgan fingerprint density at radius 1 is 0.692 bits per heavy atom. The minimum absolute atomic E-state index is 0.100. The SMILES string of the molecule is FC(F)(F)c1ccccc1N=CC=C(c1ccccc1)c1ccccc1. The van der Waals surface area contributed by atoms with E-state index in [-0.39, 0.29) is 5.69 Å². The van der Waals surface area contributed by atoms with Crippen molar-refractivity contribution in [2.24, 2.45) is 4.99 Å². The van der Waals surface area contributed by atoms with Gasteiger partial charge in [0.1, 0.15) is 0 Å². The van der Waals surface area contributed by atoms with Crippen molar-refractivity contribution in [1.82, 2.24) is 0 Å². The molecule has 0 aliphatic rings. The molecule has 0 saturated carbocycles. The number of benzene rings is 3. The fourth-order valence-corrected chi connectivity index (χ4v) is 2.61. The molecule has 0 aliphatic carbocycles. The van der Waals surface area contributed by atoms with Crippen LogP contribution < -0.4 is 0 Å². The molecule has 3 aromatic carbocycles. The van der Waals surface area contributed by atoms with Crippen molar-refractivity contribution in [3.8, 4) is 0 Å². The van der Waals surface area contributed by atoms with Crippen molar-refractivity contribution in [3.05, 3.63) is 108 Å². The lowest BCUT2D eigenvalue weighted by atomic mass is 9.98. The second-order valence-corrected chi connectivity index (χ2v) is 5.61. The molecule has 4 heteroatoms. The van der Waals surface area contributed by atoms with Gasteiger partial charge in [-0.25, -0.2) is 0 Å². The highest BCUT2D eigenvalue weighted by molar-refractivity contribution is 5.92. The average Bonchev–Trinajstić information content (AvgIpc) is 2.66. The molecule has 0 amide bonds. The third-order valence-electron chi connectivity index (χ3n) is 3.83. The van der Waals surface area contributed by atoms with E-state index in [1.807, 2.05) is 60.7 Å². The summed E-state index contributed by atoms with van der Waals surface area (Å²) in [5, 5.41) is 0. The molecule has 1 nitrogen and oxygen atoms in total. The predicted octanol–water partition coefficient (Wildman–Crippen LogP) is 6.54. The summed E-state index contributed by atoms with van der Waals surface area (Å²) in [5.74, 6) is 0. The topological polar surface area (TPSA) is 12.4 Å². The summed E-state index contributed by atoms with van der Waals surface area (Å²) < 4.78 is 39.2. The second-order valence-electron chi connectivity index (χ2n) is 5.61. The second kappa shape index (κ2) is 7.83. The molecule has 0 N–H and O–H groups in total. The lowest BCUT2D eigenvalue weighted by Gasteiger charge is -2.09. The van der Waals surface area contributed by atoms with Crippen molar-refractivity contribution in [1.29, 1.82) is 0 Å². The Morgan fingerprint density at radius 2 is 1.19 bits per heavy atom. The molecule has 3 rings (SSSR count). The lowest BCUT2D eigenvalue weighted by Crippen LogP contribution is -2.04. The van der Waals surface area contributed by atoms with Crippen LogP contribution in [-0.4, -0.2) is 6.21 Å². The molecule has 0 aliphatic heterocycles. The molecule has 26 heavy (non-hydrogen) atoms. The van der Waals surface area contributed by atoms with Crippen molar-refractivity contribution < 1.29 is 13.2 Å². The molecule has 0 heterocycles. The molecular formula is C22H16F3N. The van der Waals surface area contributed by atoms with Gasteiger partial charge >= 0.3 is 6.18 Å². The third-order valence-corrected chi connectivity index (χ3v) is 3.83. The fraction of sp³-hybridized carbons (Fsp3) is 0.0455. The zero-order valence-electron chi connectivity index (χ0n) is 13.8. The number of hydrogen-bond acceptors (Lipinski definition) is 1. The van der Waals surface area contributed by atoms with Crippen molar-refractivity contribution in [2.75, 3.05) is 0 Å². The van der Waals surface area contributed by atoms with E-state index in [0.29, 0.717) is 0 Å². The number of aliphatic imine (C=N–C) groups is 1. The zero-order chi connectivity index (χ0) is 18.4.